The molecular weight excluding hydrogens is 394 g/mol. The zero-order chi connectivity index (χ0) is 19.7. The quantitative estimate of drug-likeness (QED) is 0.482. The number of rotatable bonds is 4. The van der Waals surface area contributed by atoms with Gasteiger partial charge in [-0.15, -0.1) is 0 Å². The summed E-state index contributed by atoms with van der Waals surface area (Å²) in [5.41, 5.74) is 1.63. The third kappa shape index (κ3) is 3.49. The highest BCUT2D eigenvalue weighted by molar-refractivity contribution is 8.27. The fourth-order valence-electron chi connectivity index (χ4n) is 2.76. The molecule has 1 N–H and O–H groups in total. The van der Waals surface area contributed by atoms with E-state index in [0.717, 1.165) is 5.56 Å². The van der Waals surface area contributed by atoms with Gasteiger partial charge in [-0.1, -0.05) is 54.3 Å². The van der Waals surface area contributed by atoms with Gasteiger partial charge in [0.25, 0.3) is 5.91 Å². The van der Waals surface area contributed by atoms with Crippen molar-refractivity contribution in [2.75, 3.05) is 4.90 Å². The summed E-state index contributed by atoms with van der Waals surface area (Å²) in [6.07, 6.45) is 1.66. The lowest BCUT2D eigenvalue weighted by Gasteiger charge is -2.14. The average Bonchev–Trinajstić information content (AvgIpc) is 3.27. The molecule has 2 heterocycles. The molecule has 1 amide bonds. The number of thioether (sulfide) groups is 1. The van der Waals surface area contributed by atoms with E-state index in [2.05, 4.69) is 0 Å². The summed E-state index contributed by atoms with van der Waals surface area (Å²) in [6, 6.07) is 19.4. The summed E-state index contributed by atoms with van der Waals surface area (Å²) < 4.78 is 6.21. The predicted octanol–water partition coefficient (Wildman–Crippen LogP) is 5.05. The van der Waals surface area contributed by atoms with Crippen LogP contribution in [0.1, 0.15) is 16.1 Å². The van der Waals surface area contributed by atoms with Gasteiger partial charge >= 0.3 is 5.97 Å². The van der Waals surface area contributed by atoms with Gasteiger partial charge in [-0.25, -0.2) is 4.79 Å². The van der Waals surface area contributed by atoms with E-state index in [9.17, 15) is 9.59 Å². The number of thiocarbonyl (C=S) groups is 1. The first-order valence-electron chi connectivity index (χ1n) is 8.29. The Morgan fingerprint density at radius 1 is 1.04 bits per heavy atom. The lowest BCUT2D eigenvalue weighted by molar-refractivity contribution is -0.113. The summed E-state index contributed by atoms with van der Waals surface area (Å²) in [5, 5.41) is 9.01. The monoisotopic (exact) mass is 407 g/mol. The van der Waals surface area contributed by atoms with Crippen LogP contribution in [0.5, 0.6) is 0 Å². The van der Waals surface area contributed by atoms with E-state index < -0.39 is 5.97 Å². The Kier molecular flexibility index (Phi) is 4.85. The summed E-state index contributed by atoms with van der Waals surface area (Å²) in [6.45, 7) is 0. The number of benzene rings is 2. The summed E-state index contributed by atoms with van der Waals surface area (Å²) in [5.74, 6) is -0.0215. The molecular formula is C21H13NO4S2. The van der Waals surface area contributed by atoms with Gasteiger partial charge in [-0.2, -0.15) is 0 Å². The number of carbonyl (C=O) groups is 2. The summed E-state index contributed by atoms with van der Waals surface area (Å²) >= 11 is 6.52. The first-order valence-corrected chi connectivity index (χ1v) is 9.52. The first-order chi connectivity index (χ1) is 13.5. The normalized spacial score (nSPS) is 15.4. The van der Waals surface area contributed by atoms with Crippen molar-refractivity contribution in [2.24, 2.45) is 0 Å². The molecule has 0 unspecified atom stereocenters. The van der Waals surface area contributed by atoms with Crippen molar-refractivity contribution >= 4 is 51.9 Å². The molecule has 7 heteroatoms. The molecule has 4 rings (SSSR count). The van der Waals surface area contributed by atoms with E-state index >= 15 is 0 Å². The van der Waals surface area contributed by atoms with Gasteiger partial charge in [0, 0.05) is 11.6 Å². The smallest absolute Gasteiger partial charge is 0.335 e. The molecule has 1 aromatic heterocycles. The van der Waals surface area contributed by atoms with Crippen molar-refractivity contribution < 1.29 is 19.1 Å². The molecule has 0 atom stereocenters. The van der Waals surface area contributed by atoms with Crippen molar-refractivity contribution in [2.45, 2.75) is 0 Å². The number of furan rings is 1. The number of anilines is 1. The zero-order valence-corrected chi connectivity index (χ0v) is 16.0. The Balaban J connectivity index is 1.59. The third-order valence-electron chi connectivity index (χ3n) is 4.12. The highest BCUT2D eigenvalue weighted by Crippen LogP contribution is 2.36. The number of aromatic carboxylic acids is 1. The third-order valence-corrected chi connectivity index (χ3v) is 5.43. The van der Waals surface area contributed by atoms with Gasteiger partial charge in [-0.05, 0) is 36.4 Å². The molecule has 1 aliphatic rings. The van der Waals surface area contributed by atoms with Crippen LogP contribution in [0.25, 0.3) is 17.4 Å². The van der Waals surface area contributed by atoms with Gasteiger partial charge in [-0.3, -0.25) is 9.69 Å². The molecule has 28 heavy (non-hydrogen) atoms. The molecule has 3 aromatic rings. The Hall–Kier alpha value is -3.16. The van der Waals surface area contributed by atoms with E-state index in [1.807, 2.05) is 36.4 Å². The summed E-state index contributed by atoms with van der Waals surface area (Å²) in [4.78, 5) is 25.6. The van der Waals surface area contributed by atoms with Crippen molar-refractivity contribution in [3.63, 3.8) is 0 Å². The van der Waals surface area contributed by atoms with Gasteiger partial charge in [0.1, 0.15) is 11.5 Å². The van der Waals surface area contributed by atoms with Crippen LogP contribution in [0.2, 0.25) is 0 Å². The van der Waals surface area contributed by atoms with Gasteiger partial charge in [0.15, 0.2) is 4.32 Å². The lowest BCUT2D eigenvalue weighted by Crippen LogP contribution is -2.27. The average molecular weight is 407 g/mol. The minimum absolute atomic E-state index is 0.147. The lowest BCUT2D eigenvalue weighted by atomic mass is 10.2. The maximum absolute atomic E-state index is 12.8. The Morgan fingerprint density at radius 3 is 2.43 bits per heavy atom. The second kappa shape index (κ2) is 7.46. The largest absolute Gasteiger partial charge is 0.478 e. The number of hydrogen-bond acceptors (Lipinski definition) is 5. The van der Waals surface area contributed by atoms with Crippen LogP contribution in [0.4, 0.5) is 5.69 Å². The number of carboxylic acid groups (broad SMARTS) is 1. The fraction of sp³-hybridized carbons (Fsp3) is 0. The van der Waals surface area contributed by atoms with Crippen molar-refractivity contribution in [3.8, 4) is 11.3 Å². The minimum atomic E-state index is -1.02. The number of carboxylic acids is 1. The van der Waals surface area contributed by atoms with Crippen LogP contribution in [0, 0.1) is 0 Å². The van der Waals surface area contributed by atoms with E-state index in [4.69, 9.17) is 21.7 Å². The molecule has 1 aliphatic heterocycles. The van der Waals surface area contributed by atoms with Crippen molar-refractivity contribution in [1.82, 2.24) is 0 Å². The molecule has 0 radical (unpaired) electrons. The number of hydrogen-bond donors (Lipinski definition) is 1. The molecule has 0 aliphatic carbocycles. The Labute approximate surface area is 170 Å². The van der Waals surface area contributed by atoms with Crippen LogP contribution in [-0.2, 0) is 4.79 Å². The Morgan fingerprint density at radius 2 is 1.75 bits per heavy atom. The van der Waals surface area contributed by atoms with Gasteiger partial charge in [0.05, 0.1) is 16.2 Å². The van der Waals surface area contributed by atoms with Crippen LogP contribution < -0.4 is 4.90 Å². The molecule has 0 saturated carbocycles. The highest BCUT2D eigenvalue weighted by Gasteiger charge is 2.33. The maximum Gasteiger partial charge on any atom is 0.335 e. The van der Waals surface area contributed by atoms with E-state index in [1.165, 1.54) is 28.8 Å². The molecule has 1 fully saturated rings. The van der Waals surface area contributed by atoms with Crippen molar-refractivity contribution in [1.29, 1.82) is 0 Å². The molecule has 0 spiro atoms. The van der Waals surface area contributed by atoms with Crippen LogP contribution in [0.15, 0.2) is 76.1 Å². The second-order valence-electron chi connectivity index (χ2n) is 5.94. The van der Waals surface area contributed by atoms with Crippen LogP contribution in [-0.4, -0.2) is 21.3 Å². The van der Waals surface area contributed by atoms with E-state index in [1.54, 1.807) is 24.3 Å². The molecule has 2 aromatic carbocycles. The molecule has 5 nitrogen and oxygen atoms in total. The standard InChI is InChI=1S/C21H13NO4S2/c23-19-18(12-16-10-11-17(26-16)13-4-2-1-3-5-13)28-21(27)22(19)15-8-6-14(7-9-15)20(24)25/h1-12H,(H,24,25). The number of nitrogens with zero attached hydrogens (tertiary/aromatic N) is 1. The van der Waals surface area contributed by atoms with Gasteiger partial charge < -0.3 is 9.52 Å². The predicted molar refractivity (Wildman–Crippen MR) is 113 cm³/mol. The van der Waals surface area contributed by atoms with Crippen molar-refractivity contribution in [3.05, 3.63) is 83.0 Å². The Bertz CT molecular complexity index is 1100. The topological polar surface area (TPSA) is 70.8 Å². The zero-order valence-electron chi connectivity index (χ0n) is 14.4. The van der Waals surface area contributed by atoms with E-state index in [-0.39, 0.29) is 11.5 Å². The second-order valence-corrected chi connectivity index (χ2v) is 7.61. The molecule has 0 bridgehead atoms. The maximum atomic E-state index is 12.8. The highest BCUT2D eigenvalue weighted by atomic mass is 32.2. The van der Waals surface area contributed by atoms with Crippen LogP contribution in [0.3, 0.4) is 0 Å². The minimum Gasteiger partial charge on any atom is -0.478 e. The van der Waals surface area contributed by atoms with Gasteiger partial charge in [0.2, 0.25) is 0 Å². The fourth-order valence-corrected chi connectivity index (χ4v) is 4.04. The molecule has 1 saturated heterocycles. The summed E-state index contributed by atoms with van der Waals surface area (Å²) in [7, 11) is 0. The number of carbonyl (C=O) groups excluding carboxylic acids is 1. The van der Waals surface area contributed by atoms with E-state index in [0.29, 0.717) is 26.4 Å². The number of amides is 1. The molecule has 138 valence electrons. The SMILES string of the molecule is O=C(O)c1ccc(N2C(=O)C(=Cc3ccc(-c4ccccc4)o3)SC2=S)cc1. The first kappa shape index (κ1) is 18.2. The van der Waals surface area contributed by atoms with Crippen LogP contribution >= 0.6 is 24.0 Å².